The number of hydrogen-bond donors (Lipinski definition) is 2. The number of anilines is 1. The van der Waals surface area contributed by atoms with Gasteiger partial charge in [0.15, 0.2) is 0 Å². The van der Waals surface area contributed by atoms with Crippen molar-refractivity contribution in [1.82, 2.24) is 5.32 Å². The van der Waals surface area contributed by atoms with Crippen LogP contribution in [0.2, 0.25) is 0 Å². The SMILES string of the molecule is C[C@@H](N)C(=O)NC1CCN(c2ccccc2)CC1.Cl.Cl. The molecule has 1 fully saturated rings. The maximum atomic E-state index is 11.5. The van der Waals surface area contributed by atoms with Gasteiger partial charge in [0.05, 0.1) is 6.04 Å². The average molecular weight is 320 g/mol. The lowest BCUT2D eigenvalue weighted by Crippen LogP contribution is -2.48. The fourth-order valence-electron chi connectivity index (χ4n) is 2.25. The number of benzene rings is 1. The summed E-state index contributed by atoms with van der Waals surface area (Å²) in [6.45, 7) is 3.68. The Morgan fingerprint density at radius 3 is 2.30 bits per heavy atom. The summed E-state index contributed by atoms with van der Waals surface area (Å²) in [4.78, 5) is 13.9. The summed E-state index contributed by atoms with van der Waals surface area (Å²) in [5.41, 5.74) is 6.81. The van der Waals surface area contributed by atoms with Gasteiger partial charge in [-0.15, -0.1) is 24.8 Å². The van der Waals surface area contributed by atoms with Gasteiger partial charge in [-0.25, -0.2) is 0 Å². The Labute approximate surface area is 132 Å². The molecule has 0 radical (unpaired) electrons. The molecule has 0 saturated carbocycles. The number of para-hydroxylation sites is 1. The number of amides is 1. The third-order valence-electron chi connectivity index (χ3n) is 3.38. The highest BCUT2D eigenvalue weighted by molar-refractivity contribution is 5.85. The summed E-state index contributed by atoms with van der Waals surface area (Å²) in [5, 5.41) is 3.00. The predicted octanol–water partition coefficient (Wildman–Crippen LogP) is 1.96. The minimum absolute atomic E-state index is 0. The number of nitrogens with zero attached hydrogens (tertiary/aromatic N) is 1. The van der Waals surface area contributed by atoms with Gasteiger partial charge in [0.25, 0.3) is 0 Å². The molecular weight excluding hydrogens is 297 g/mol. The van der Waals surface area contributed by atoms with Crippen LogP contribution in [0.15, 0.2) is 30.3 Å². The molecule has 0 bridgehead atoms. The van der Waals surface area contributed by atoms with Crippen molar-refractivity contribution >= 4 is 36.4 Å². The van der Waals surface area contributed by atoms with E-state index >= 15 is 0 Å². The zero-order valence-corrected chi connectivity index (χ0v) is 13.3. The summed E-state index contributed by atoms with van der Waals surface area (Å²) in [6.07, 6.45) is 1.96. The molecule has 114 valence electrons. The van der Waals surface area contributed by atoms with Crippen molar-refractivity contribution in [2.75, 3.05) is 18.0 Å². The average Bonchev–Trinajstić information content (AvgIpc) is 2.40. The Hall–Kier alpha value is -0.970. The van der Waals surface area contributed by atoms with Crippen molar-refractivity contribution in [3.8, 4) is 0 Å². The van der Waals surface area contributed by atoms with Crippen LogP contribution >= 0.6 is 24.8 Å². The van der Waals surface area contributed by atoms with Crippen LogP contribution in [0.5, 0.6) is 0 Å². The molecule has 6 heteroatoms. The van der Waals surface area contributed by atoms with Crippen molar-refractivity contribution in [2.24, 2.45) is 5.73 Å². The second-order valence-electron chi connectivity index (χ2n) is 4.89. The molecule has 1 atom stereocenters. The summed E-state index contributed by atoms with van der Waals surface area (Å²) >= 11 is 0. The Bertz CT molecular complexity index is 393. The first-order chi connectivity index (χ1) is 8.66. The molecule has 1 aromatic rings. The molecular formula is C14H23Cl2N3O. The molecule has 1 aliphatic heterocycles. The van der Waals surface area contributed by atoms with Crippen molar-refractivity contribution in [3.63, 3.8) is 0 Å². The number of nitrogens with two attached hydrogens (primary N) is 1. The third-order valence-corrected chi connectivity index (χ3v) is 3.38. The van der Waals surface area contributed by atoms with Gasteiger partial charge in [0, 0.05) is 24.8 Å². The molecule has 4 nitrogen and oxygen atoms in total. The van der Waals surface area contributed by atoms with Crippen molar-refractivity contribution < 1.29 is 4.79 Å². The van der Waals surface area contributed by atoms with Crippen LogP contribution in [0.1, 0.15) is 19.8 Å². The van der Waals surface area contributed by atoms with E-state index in [4.69, 9.17) is 5.73 Å². The lowest BCUT2D eigenvalue weighted by Gasteiger charge is -2.34. The standard InChI is InChI=1S/C14H21N3O.2ClH/c1-11(15)14(18)16-12-7-9-17(10-8-12)13-5-3-2-4-6-13;;/h2-6,11-12H,7-10,15H2,1H3,(H,16,18);2*1H/t11-;;/m1../s1. The van der Waals surface area contributed by atoms with E-state index in [0.29, 0.717) is 0 Å². The number of hydrogen-bond acceptors (Lipinski definition) is 3. The molecule has 0 unspecified atom stereocenters. The summed E-state index contributed by atoms with van der Waals surface area (Å²) in [7, 11) is 0. The van der Waals surface area contributed by atoms with Crippen molar-refractivity contribution in [3.05, 3.63) is 30.3 Å². The number of rotatable bonds is 3. The Morgan fingerprint density at radius 1 is 1.25 bits per heavy atom. The third kappa shape index (κ3) is 5.19. The van der Waals surface area contributed by atoms with Crippen LogP contribution in [0.3, 0.4) is 0 Å². The van der Waals surface area contributed by atoms with E-state index in [1.54, 1.807) is 6.92 Å². The highest BCUT2D eigenvalue weighted by atomic mass is 35.5. The summed E-state index contributed by atoms with van der Waals surface area (Å²) in [5.74, 6) is -0.0480. The minimum atomic E-state index is -0.419. The van der Waals surface area contributed by atoms with Gasteiger partial charge in [-0.1, -0.05) is 18.2 Å². The molecule has 1 aliphatic rings. The van der Waals surface area contributed by atoms with Crippen LogP contribution < -0.4 is 16.0 Å². The van der Waals surface area contributed by atoms with Crippen LogP contribution in [-0.4, -0.2) is 31.1 Å². The quantitative estimate of drug-likeness (QED) is 0.895. The number of nitrogens with one attached hydrogen (secondary N) is 1. The van der Waals surface area contributed by atoms with Gasteiger partial charge in [0.2, 0.25) is 5.91 Å². The number of halogens is 2. The van der Waals surface area contributed by atoms with Gasteiger partial charge in [0.1, 0.15) is 0 Å². The van der Waals surface area contributed by atoms with Gasteiger partial charge >= 0.3 is 0 Å². The van der Waals surface area contributed by atoms with E-state index in [0.717, 1.165) is 25.9 Å². The second-order valence-corrected chi connectivity index (χ2v) is 4.89. The maximum absolute atomic E-state index is 11.5. The predicted molar refractivity (Wildman–Crippen MR) is 88.0 cm³/mol. The minimum Gasteiger partial charge on any atom is -0.371 e. The van der Waals surface area contributed by atoms with Crippen LogP contribution in [0.25, 0.3) is 0 Å². The molecule has 20 heavy (non-hydrogen) atoms. The van der Waals surface area contributed by atoms with E-state index in [9.17, 15) is 4.79 Å². The molecule has 3 N–H and O–H groups in total. The van der Waals surface area contributed by atoms with E-state index < -0.39 is 6.04 Å². The Morgan fingerprint density at radius 2 is 1.80 bits per heavy atom. The zero-order valence-electron chi connectivity index (χ0n) is 11.6. The van der Waals surface area contributed by atoms with Crippen LogP contribution in [-0.2, 0) is 4.79 Å². The van der Waals surface area contributed by atoms with Crippen LogP contribution in [0, 0.1) is 0 Å². The largest absolute Gasteiger partial charge is 0.371 e. The molecule has 1 heterocycles. The molecule has 2 rings (SSSR count). The zero-order chi connectivity index (χ0) is 13.0. The van der Waals surface area contributed by atoms with Gasteiger partial charge < -0.3 is 16.0 Å². The Balaban J connectivity index is 0.00000180. The van der Waals surface area contributed by atoms with Gasteiger partial charge in [-0.3, -0.25) is 4.79 Å². The van der Waals surface area contributed by atoms with Gasteiger partial charge in [-0.05, 0) is 31.9 Å². The van der Waals surface area contributed by atoms with Crippen molar-refractivity contribution in [2.45, 2.75) is 31.8 Å². The number of carbonyl (C=O) groups is 1. The van der Waals surface area contributed by atoms with E-state index in [-0.39, 0.29) is 36.8 Å². The maximum Gasteiger partial charge on any atom is 0.236 e. The highest BCUT2D eigenvalue weighted by Crippen LogP contribution is 2.19. The van der Waals surface area contributed by atoms with E-state index in [1.165, 1.54) is 5.69 Å². The summed E-state index contributed by atoms with van der Waals surface area (Å²) in [6, 6.07) is 10.2. The molecule has 0 spiro atoms. The molecule has 0 aromatic heterocycles. The lowest BCUT2D eigenvalue weighted by atomic mass is 10.0. The normalized spacial score (nSPS) is 16.6. The number of piperidine rings is 1. The molecule has 0 aliphatic carbocycles. The Kier molecular flexibility index (Phi) is 8.62. The highest BCUT2D eigenvalue weighted by Gasteiger charge is 2.21. The molecule has 1 amide bonds. The van der Waals surface area contributed by atoms with Crippen LogP contribution in [0.4, 0.5) is 5.69 Å². The fourth-order valence-corrected chi connectivity index (χ4v) is 2.25. The lowest BCUT2D eigenvalue weighted by molar-refractivity contribution is -0.122. The van der Waals surface area contributed by atoms with E-state index in [1.807, 2.05) is 6.07 Å². The first-order valence-corrected chi connectivity index (χ1v) is 6.53. The summed E-state index contributed by atoms with van der Waals surface area (Å²) < 4.78 is 0. The molecule has 1 aromatic carbocycles. The topological polar surface area (TPSA) is 58.4 Å². The number of carbonyl (C=O) groups excluding carboxylic acids is 1. The first kappa shape index (κ1) is 19.0. The smallest absolute Gasteiger partial charge is 0.236 e. The van der Waals surface area contributed by atoms with Crippen molar-refractivity contribution in [1.29, 1.82) is 0 Å². The molecule has 1 saturated heterocycles. The van der Waals surface area contributed by atoms with Gasteiger partial charge in [-0.2, -0.15) is 0 Å². The van der Waals surface area contributed by atoms with E-state index in [2.05, 4.69) is 34.5 Å². The second kappa shape index (κ2) is 9.06. The first-order valence-electron chi connectivity index (χ1n) is 6.53. The monoisotopic (exact) mass is 319 g/mol. The fraction of sp³-hybridized carbons (Fsp3) is 0.500.